The van der Waals surface area contributed by atoms with Crippen molar-refractivity contribution in [3.8, 4) is 22.3 Å². The minimum atomic E-state index is -0.351. The number of anilines is 1. The Balaban J connectivity index is 1.22. The molecule has 1 fully saturated rings. The van der Waals surface area contributed by atoms with Gasteiger partial charge in [0, 0.05) is 84.6 Å². The molecule has 0 radical (unpaired) electrons. The van der Waals surface area contributed by atoms with Crippen molar-refractivity contribution in [3.63, 3.8) is 0 Å². The number of aromatic nitrogens is 4. The predicted octanol–water partition coefficient (Wildman–Crippen LogP) is 4.92. The second kappa shape index (κ2) is 10.6. The van der Waals surface area contributed by atoms with Crippen LogP contribution in [0, 0.1) is 11.6 Å². The van der Waals surface area contributed by atoms with E-state index in [9.17, 15) is 9.50 Å². The first-order valence-electron chi connectivity index (χ1n) is 13.1. The van der Waals surface area contributed by atoms with Crippen LogP contribution in [0.1, 0.15) is 12.5 Å². The van der Waals surface area contributed by atoms with Gasteiger partial charge in [0.05, 0.1) is 18.8 Å². The fourth-order valence-corrected chi connectivity index (χ4v) is 5.30. The van der Waals surface area contributed by atoms with Crippen molar-refractivity contribution in [2.24, 2.45) is 0 Å². The number of pyridine rings is 1. The number of aromatic amines is 1. The van der Waals surface area contributed by atoms with Gasteiger partial charge in [0.1, 0.15) is 17.3 Å². The van der Waals surface area contributed by atoms with Crippen molar-refractivity contribution >= 4 is 16.7 Å². The molecule has 200 valence electrons. The first kappa shape index (κ1) is 25.2. The lowest BCUT2D eigenvalue weighted by Gasteiger charge is -2.36. The molecule has 2 aromatic carbocycles. The molecule has 1 unspecified atom stereocenters. The van der Waals surface area contributed by atoms with E-state index in [1.165, 1.54) is 12.1 Å². The Labute approximate surface area is 225 Å². The van der Waals surface area contributed by atoms with Gasteiger partial charge in [-0.2, -0.15) is 5.10 Å². The van der Waals surface area contributed by atoms with Crippen LogP contribution in [-0.2, 0) is 6.54 Å². The van der Waals surface area contributed by atoms with Crippen molar-refractivity contribution in [1.29, 1.82) is 0 Å². The Kier molecular flexibility index (Phi) is 6.85. The highest BCUT2D eigenvalue weighted by atomic mass is 19.1. The van der Waals surface area contributed by atoms with Crippen LogP contribution in [0.3, 0.4) is 0 Å². The van der Waals surface area contributed by atoms with E-state index in [-0.39, 0.29) is 17.7 Å². The van der Waals surface area contributed by atoms with Gasteiger partial charge in [-0.15, -0.1) is 0 Å². The Hall–Kier alpha value is -4.08. The zero-order chi connectivity index (χ0) is 26.9. The molecule has 0 saturated carbocycles. The molecule has 7 nitrogen and oxygen atoms in total. The SMILES string of the molecule is CC(O)CN1CCN(c2ccc(-c3cnc4[nH]cc(-c5cnn(Cc6cccc(F)c6)c5)c4c3)c(F)c2)CC1. The Morgan fingerprint density at radius 2 is 1.82 bits per heavy atom. The topological polar surface area (TPSA) is 73.2 Å². The molecule has 0 spiro atoms. The van der Waals surface area contributed by atoms with Crippen LogP contribution in [0.5, 0.6) is 0 Å². The predicted molar refractivity (Wildman–Crippen MR) is 149 cm³/mol. The summed E-state index contributed by atoms with van der Waals surface area (Å²) in [6, 6.07) is 13.8. The summed E-state index contributed by atoms with van der Waals surface area (Å²) in [5.74, 6) is -0.564. The molecule has 39 heavy (non-hydrogen) atoms. The van der Waals surface area contributed by atoms with E-state index >= 15 is 4.39 Å². The number of benzene rings is 2. The van der Waals surface area contributed by atoms with Gasteiger partial charge in [0.15, 0.2) is 0 Å². The number of hydrogen-bond acceptors (Lipinski definition) is 5. The van der Waals surface area contributed by atoms with Crippen molar-refractivity contribution in [1.82, 2.24) is 24.6 Å². The third-order valence-corrected chi connectivity index (χ3v) is 7.23. The first-order chi connectivity index (χ1) is 18.9. The average Bonchev–Trinajstić information content (AvgIpc) is 3.55. The van der Waals surface area contributed by atoms with Crippen molar-refractivity contribution < 1.29 is 13.9 Å². The van der Waals surface area contributed by atoms with E-state index in [2.05, 4.69) is 24.9 Å². The highest BCUT2D eigenvalue weighted by Crippen LogP contribution is 2.33. The van der Waals surface area contributed by atoms with E-state index < -0.39 is 0 Å². The summed E-state index contributed by atoms with van der Waals surface area (Å²) >= 11 is 0. The molecule has 4 heterocycles. The molecule has 5 aromatic rings. The van der Waals surface area contributed by atoms with E-state index in [1.54, 1.807) is 36.1 Å². The van der Waals surface area contributed by atoms with E-state index in [4.69, 9.17) is 0 Å². The van der Waals surface area contributed by atoms with Crippen LogP contribution in [0.2, 0.25) is 0 Å². The van der Waals surface area contributed by atoms with Gasteiger partial charge in [-0.1, -0.05) is 12.1 Å². The van der Waals surface area contributed by atoms with E-state index in [0.717, 1.165) is 53.9 Å². The maximum absolute atomic E-state index is 15.4. The molecule has 1 saturated heterocycles. The number of nitrogens with zero attached hydrogens (tertiary/aromatic N) is 5. The van der Waals surface area contributed by atoms with Gasteiger partial charge in [-0.05, 0) is 48.9 Å². The van der Waals surface area contributed by atoms with Crippen LogP contribution >= 0.6 is 0 Å². The Morgan fingerprint density at radius 3 is 2.59 bits per heavy atom. The number of piperazine rings is 1. The van der Waals surface area contributed by atoms with E-state index in [1.807, 2.05) is 36.7 Å². The maximum atomic E-state index is 15.4. The van der Waals surface area contributed by atoms with Gasteiger partial charge in [-0.3, -0.25) is 9.58 Å². The summed E-state index contributed by atoms with van der Waals surface area (Å²) < 4.78 is 30.7. The zero-order valence-corrected chi connectivity index (χ0v) is 21.7. The van der Waals surface area contributed by atoms with Crippen LogP contribution < -0.4 is 4.90 Å². The summed E-state index contributed by atoms with van der Waals surface area (Å²) in [7, 11) is 0. The maximum Gasteiger partial charge on any atom is 0.137 e. The van der Waals surface area contributed by atoms with Crippen LogP contribution in [0.25, 0.3) is 33.3 Å². The third-order valence-electron chi connectivity index (χ3n) is 7.23. The molecular formula is C30H30F2N6O. The minimum Gasteiger partial charge on any atom is -0.392 e. The number of aliphatic hydroxyl groups excluding tert-OH is 1. The van der Waals surface area contributed by atoms with Crippen molar-refractivity contribution in [2.45, 2.75) is 19.6 Å². The van der Waals surface area contributed by atoms with Gasteiger partial charge in [0.25, 0.3) is 0 Å². The lowest BCUT2D eigenvalue weighted by Crippen LogP contribution is -2.48. The second-order valence-electron chi connectivity index (χ2n) is 10.2. The smallest absolute Gasteiger partial charge is 0.137 e. The zero-order valence-electron chi connectivity index (χ0n) is 21.7. The molecule has 3 aromatic heterocycles. The summed E-state index contributed by atoms with van der Waals surface area (Å²) in [5, 5.41) is 15.0. The summed E-state index contributed by atoms with van der Waals surface area (Å²) in [5.41, 5.74) is 5.39. The number of aliphatic hydroxyl groups is 1. The second-order valence-corrected chi connectivity index (χ2v) is 10.2. The number of H-pyrrole nitrogens is 1. The number of fused-ring (bicyclic) bond motifs is 1. The number of β-amino-alcohol motifs (C(OH)–C–C–N with tert-alkyl or cyclic N) is 1. The Morgan fingerprint density at radius 1 is 0.974 bits per heavy atom. The molecule has 6 rings (SSSR count). The van der Waals surface area contributed by atoms with Crippen molar-refractivity contribution in [3.05, 3.63) is 90.5 Å². The summed E-state index contributed by atoms with van der Waals surface area (Å²) in [6.07, 6.45) is 6.89. The van der Waals surface area contributed by atoms with Crippen molar-refractivity contribution in [2.75, 3.05) is 37.6 Å². The van der Waals surface area contributed by atoms with Crippen LogP contribution in [-0.4, -0.2) is 68.6 Å². The molecule has 0 amide bonds. The third kappa shape index (κ3) is 5.41. The number of rotatable bonds is 7. The fourth-order valence-electron chi connectivity index (χ4n) is 5.30. The summed E-state index contributed by atoms with van der Waals surface area (Å²) in [4.78, 5) is 12.1. The van der Waals surface area contributed by atoms with Gasteiger partial charge in [0.2, 0.25) is 0 Å². The number of halogens is 2. The molecule has 1 atom stereocenters. The standard InChI is InChI=1S/C30H30F2N6O/c1-20(39)17-36-7-9-37(10-8-36)25-5-6-26(29(32)13-25)22-12-27-28(16-34-30(27)33-14-22)23-15-35-38(19-23)18-21-3-2-4-24(31)11-21/h2-6,11-16,19-20,39H,7-10,17-18H2,1H3,(H,33,34). The van der Waals surface area contributed by atoms with Gasteiger partial charge in [-0.25, -0.2) is 13.8 Å². The lowest BCUT2D eigenvalue weighted by atomic mass is 10.0. The van der Waals surface area contributed by atoms with Gasteiger partial charge >= 0.3 is 0 Å². The normalized spacial score (nSPS) is 15.2. The quantitative estimate of drug-likeness (QED) is 0.314. The molecular weight excluding hydrogens is 498 g/mol. The number of hydrogen-bond donors (Lipinski definition) is 2. The average molecular weight is 529 g/mol. The first-order valence-corrected chi connectivity index (χ1v) is 13.1. The molecule has 0 aliphatic carbocycles. The highest BCUT2D eigenvalue weighted by molar-refractivity contribution is 5.95. The minimum absolute atomic E-state index is 0.273. The van der Waals surface area contributed by atoms with E-state index in [0.29, 0.717) is 29.9 Å². The molecule has 1 aliphatic rings. The molecule has 2 N–H and O–H groups in total. The highest BCUT2D eigenvalue weighted by Gasteiger charge is 2.20. The summed E-state index contributed by atoms with van der Waals surface area (Å²) in [6.45, 7) is 6.17. The van der Waals surface area contributed by atoms with Crippen LogP contribution in [0.4, 0.5) is 14.5 Å². The van der Waals surface area contributed by atoms with Crippen LogP contribution in [0.15, 0.2) is 73.3 Å². The van der Waals surface area contributed by atoms with Gasteiger partial charge < -0.3 is 15.0 Å². The largest absolute Gasteiger partial charge is 0.392 e. The lowest BCUT2D eigenvalue weighted by molar-refractivity contribution is 0.122. The Bertz CT molecular complexity index is 1600. The fraction of sp³-hybridized carbons (Fsp3) is 0.267. The molecule has 0 bridgehead atoms. The monoisotopic (exact) mass is 528 g/mol. The number of nitrogens with one attached hydrogen (secondary N) is 1. The molecule has 9 heteroatoms. The molecule has 1 aliphatic heterocycles.